The van der Waals surface area contributed by atoms with E-state index in [9.17, 15) is 0 Å². The smallest absolute Gasteiger partial charge is 0.167 e. The zero-order chi connectivity index (χ0) is 29.6. The Labute approximate surface area is 254 Å². The summed E-state index contributed by atoms with van der Waals surface area (Å²) in [5, 5.41) is 3.45. The van der Waals surface area contributed by atoms with Crippen LogP contribution in [0.5, 0.6) is 0 Å². The van der Waals surface area contributed by atoms with Crippen LogP contribution in [-0.2, 0) is 0 Å². The Hall–Kier alpha value is -5.81. The molecule has 0 bridgehead atoms. The molecule has 0 spiro atoms. The highest BCUT2D eigenvalue weighted by Crippen LogP contribution is 2.40. The van der Waals surface area contributed by atoms with Gasteiger partial charge in [-0.15, -0.1) is 0 Å². The lowest BCUT2D eigenvalue weighted by Crippen LogP contribution is -2.00. The Kier molecular flexibility index (Phi) is 6.16. The van der Waals surface area contributed by atoms with E-state index in [1.807, 2.05) is 72.8 Å². The lowest BCUT2D eigenvalue weighted by atomic mass is 10.1. The summed E-state index contributed by atoms with van der Waals surface area (Å²) in [6, 6.07) is 43.3. The standard InChI is InChI=1S/C39H28N4O/c1-3-32(43-33-23-12-10-19-29(33)30-20-11-13-24-34(30)43)35-25(2)28-21-14-22-31(36(28)44-35)39-41-37(26-15-6-4-7-16-26)40-38(42-39)27-17-8-5-9-18-27/h3-24H,1-2H3/b32-3+. The number of benzene rings is 5. The monoisotopic (exact) mass is 568 g/mol. The molecule has 0 fully saturated rings. The SMILES string of the molecule is C/C=C(\c1oc2c(-c3nc(-c4ccccc4)nc(-c4ccccc4)n3)cccc2c1C)n1c2ccccc2c2ccccc21. The van der Waals surface area contributed by atoms with Crippen LogP contribution in [0.1, 0.15) is 18.2 Å². The van der Waals surface area contributed by atoms with Crippen LogP contribution in [0.2, 0.25) is 0 Å². The molecule has 0 aliphatic heterocycles. The van der Waals surface area contributed by atoms with Crippen LogP contribution in [0.3, 0.4) is 0 Å². The fourth-order valence-corrected chi connectivity index (χ4v) is 6.14. The molecule has 3 heterocycles. The van der Waals surface area contributed by atoms with Crippen molar-refractivity contribution < 1.29 is 4.42 Å². The van der Waals surface area contributed by atoms with Gasteiger partial charge in [-0.2, -0.15) is 0 Å². The van der Waals surface area contributed by atoms with Crippen LogP contribution in [-0.4, -0.2) is 19.5 Å². The molecule has 0 amide bonds. The van der Waals surface area contributed by atoms with Gasteiger partial charge in [0.2, 0.25) is 0 Å². The molecule has 44 heavy (non-hydrogen) atoms. The van der Waals surface area contributed by atoms with Crippen molar-refractivity contribution in [2.24, 2.45) is 0 Å². The Morgan fingerprint density at radius 2 is 1.07 bits per heavy atom. The van der Waals surface area contributed by atoms with Crippen molar-refractivity contribution in [3.63, 3.8) is 0 Å². The minimum absolute atomic E-state index is 0.572. The third kappa shape index (κ3) is 4.13. The number of nitrogens with zero attached hydrogens (tertiary/aromatic N) is 4. The normalized spacial score (nSPS) is 12.0. The molecule has 0 saturated carbocycles. The van der Waals surface area contributed by atoms with Gasteiger partial charge in [0.25, 0.3) is 0 Å². The zero-order valence-corrected chi connectivity index (χ0v) is 24.4. The van der Waals surface area contributed by atoms with Crippen molar-refractivity contribution in [3.05, 3.63) is 145 Å². The second-order valence-corrected chi connectivity index (χ2v) is 10.8. The van der Waals surface area contributed by atoms with Crippen LogP contribution in [0, 0.1) is 6.92 Å². The summed E-state index contributed by atoms with van der Waals surface area (Å²) < 4.78 is 9.17. The highest BCUT2D eigenvalue weighted by molar-refractivity contribution is 6.11. The Morgan fingerprint density at radius 3 is 1.64 bits per heavy atom. The average molecular weight is 569 g/mol. The summed E-state index contributed by atoms with van der Waals surface area (Å²) in [6.07, 6.45) is 2.13. The van der Waals surface area contributed by atoms with Crippen molar-refractivity contribution in [2.75, 3.05) is 0 Å². The molecule has 5 heteroatoms. The molecule has 0 saturated heterocycles. The van der Waals surface area contributed by atoms with E-state index in [0.717, 1.165) is 55.7 Å². The van der Waals surface area contributed by atoms with Crippen LogP contribution in [0.4, 0.5) is 0 Å². The van der Waals surface area contributed by atoms with Gasteiger partial charge in [-0.05, 0) is 32.0 Å². The van der Waals surface area contributed by atoms with Crippen molar-refractivity contribution >= 4 is 38.5 Å². The second-order valence-electron chi connectivity index (χ2n) is 10.8. The van der Waals surface area contributed by atoms with Gasteiger partial charge in [0.1, 0.15) is 5.58 Å². The van der Waals surface area contributed by atoms with E-state index >= 15 is 0 Å². The van der Waals surface area contributed by atoms with Gasteiger partial charge in [0.15, 0.2) is 23.2 Å². The summed E-state index contributed by atoms with van der Waals surface area (Å²) in [7, 11) is 0. The van der Waals surface area contributed by atoms with Gasteiger partial charge >= 0.3 is 0 Å². The third-order valence-corrected chi connectivity index (χ3v) is 8.23. The van der Waals surface area contributed by atoms with E-state index < -0.39 is 0 Å². The molecule has 0 aliphatic carbocycles. The number of fused-ring (bicyclic) bond motifs is 4. The quantitative estimate of drug-likeness (QED) is 0.207. The Morgan fingerprint density at radius 1 is 0.568 bits per heavy atom. The lowest BCUT2D eigenvalue weighted by Gasteiger charge is -2.11. The lowest BCUT2D eigenvalue weighted by molar-refractivity contribution is 0.593. The van der Waals surface area contributed by atoms with Crippen molar-refractivity contribution in [1.82, 2.24) is 19.5 Å². The molecule has 210 valence electrons. The molecular formula is C39H28N4O. The molecule has 0 aliphatic rings. The first-order valence-electron chi connectivity index (χ1n) is 14.8. The maximum Gasteiger partial charge on any atom is 0.167 e. The highest BCUT2D eigenvalue weighted by atomic mass is 16.3. The summed E-state index contributed by atoms with van der Waals surface area (Å²) >= 11 is 0. The largest absolute Gasteiger partial charge is 0.453 e. The predicted molar refractivity (Wildman–Crippen MR) is 179 cm³/mol. The molecule has 8 rings (SSSR count). The number of aryl methyl sites for hydroxylation is 1. The Balaban J connectivity index is 1.35. The second kappa shape index (κ2) is 10.5. The van der Waals surface area contributed by atoms with E-state index in [1.54, 1.807) is 0 Å². The average Bonchev–Trinajstić information content (AvgIpc) is 3.61. The number of aromatic nitrogens is 4. The molecular weight excluding hydrogens is 540 g/mol. The van der Waals surface area contributed by atoms with E-state index in [-0.39, 0.29) is 0 Å². The molecule has 0 atom stereocenters. The third-order valence-electron chi connectivity index (χ3n) is 8.23. The fourth-order valence-electron chi connectivity index (χ4n) is 6.14. The summed E-state index contributed by atoms with van der Waals surface area (Å²) in [5.74, 6) is 2.63. The zero-order valence-electron chi connectivity index (χ0n) is 24.4. The first-order valence-corrected chi connectivity index (χ1v) is 14.8. The summed E-state index contributed by atoms with van der Waals surface area (Å²) in [6.45, 7) is 4.19. The van der Waals surface area contributed by atoms with E-state index in [2.05, 4.69) is 79.1 Å². The number of hydrogen-bond acceptors (Lipinski definition) is 4. The number of rotatable bonds is 5. The molecule has 5 aromatic carbocycles. The van der Waals surface area contributed by atoms with Crippen LogP contribution in [0.25, 0.3) is 72.6 Å². The van der Waals surface area contributed by atoms with Crippen LogP contribution >= 0.6 is 0 Å². The molecule has 0 radical (unpaired) electrons. The molecule has 5 nitrogen and oxygen atoms in total. The van der Waals surface area contributed by atoms with Gasteiger partial charge in [-0.1, -0.05) is 115 Å². The molecule has 3 aromatic heterocycles. The number of para-hydroxylation sites is 3. The molecule has 8 aromatic rings. The van der Waals surface area contributed by atoms with Crippen molar-refractivity contribution in [2.45, 2.75) is 13.8 Å². The molecule has 0 unspecified atom stereocenters. The molecule has 0 N–H and O–H groups in total. The van der Waals surface area contributed by atoms with Crippen molar-refractivity contribution in [1.29, 1.82) is 0 Å². The fraction of sp³-hybridized carbons (Fsp3) is 0.0513. The van der Waals surface area contributed by atoms with Crippen LogP contribution in [0.15, 0.2) is 138 Å². The van der Waals surface area contributed by atoms with Gasteiger partial charge < -0.3 is 8.98 Å². The first-order chi connectivity index (χ1) is 21.7. The topological polar surface area (TPSA) is 56.7 Å². The predicted octanol–water partition coefficient (Wildman–Crippen LogP) is 9.94. The van der Waals surface area contributed by atoms with Crippen LogP contribution < -0.4 is 0 Å². The first kappa shape index (κ1) is 25.9. The van der Waals surface area contributed by atoms with Gasteiger partial charge in [0.05, 0.1) is 22.3 Å². The van der Waals surface area contributed by atoms with Gasteiger partial charge in [-0.25, -0.2) is 15.0 Å². The van der Waals surface area contributed by atoms with Crippen molar-refractivity contribution in [3.8, 4) is 34.2 Å². The number of allylic oxidation sites excluding steroid dienone is 1. The minimum atomic E-state index is 0.572. The maximum atomic E-state index is 6.86. The summed E-state index contributed by atoms with van der Waals surface area (Å²) in [5.41, 5.74) is 7.78. The Bertz CT molecular complexity index is 2240. The maximum absolute atomic E-state index is 6.86. The van der Waals surface area contributed by atoms with E-state index in [0.29, 0.717) is 17.5 Å². The van der Waals surface area contributed by atoms with E-state index in [4.69, 9.17) is 19.4 Å². The number of furan rings is 1. The summed E-state index contributed by atoms with van der Waals surface area (Å²) in [4.78, 5) is 14.8. The van der Waals surface area contributed by atoms with Gasteiger partial charge in [0, 0.05) is 32.8 Å². The minimum Gasteiger partial charge on any atom is -0.453 e. The van der Waals surface area contributed by atoms with E-state index in [1.165, 1.54) is 10.8 Å². The van der Waals surface area contributed by atoms with Gasteiger partial charge in [-0.3, -0.25) is 0 Å². The highest BCUT2D eigenvalue weighted by Gasteiger charge is 2.23. The number of hydrogen-bond donors (Lipinski definition) is 0.